The van der Waals surface area contributed by atoms with Crippen LogP contribution in [0.3, 0.4) is 0 Å². The van der Waals surface area contributed by atoms with Gasteiger partial charge in [0.15, 0.2) is 6.61 Å². The Labute approximate surface area is 160 Å². The molecule has 2 heterocycles. The second-order valence-electron chi connectivity index (χ2n) is 5.86. The van der Waals surface area contributed by atoms with Gasteiger partial charge < -0.3 is 14.6 Å². The summed E-state index contributed by atoms with van der Waals surface area (Å²) in [5.41, 5.74) is 3.39. The fourth-order valence-electron chi connectivity index (χ4n) is 2.81. The molecule has 0 unspecified atom stereocenters. The van der Waals surface area contributed by atoms with Crippen LogP contribution in [0.4, 0.5) is 5.00 Å². The quantitative estimate of drug-likeness (QED) is 0.683. The number of amides is 1. The Hall–Kier alpha value is -3.37. The van der Waals surface area contributed by atoms with Crippen LogP contribution < -0.4 is 5.32 Å². The fraction of sp³-hybridized carbons (Fsp3) is 0.150. The molecule has 6 nitrogen and oxygen atoms in total. The number of rotatable bonds is 5. The summed E-state index contributed by atoms with van der Waals surface area (Å²) in [5.74, 6) is -1.05. The highest BCUT2D eigenvalue weighted by molar-refractivity contribution is 7.14. The van der Waals surface area contributed by atoms with Gasteiger partial charge in [0.25, 0.3) is 5.91 Å². The van der Waals surface area contributed by atoms with E-state index in [1.165, 1.54) is 11.3 Å². The van der Waals surface area contributed by atoms with Gasteiger partial charge in [0.2, 0.25) is 0 Å². The average molecular weight is 379 g/mol. The van der Waals surface area contributed by atoms with E-state index in [1.807, 2.05) is 54.8 Å². The standard InChI is InChI=1S/C20H17N3O3S/c1-13-10-17(14(2)23(13)16-6-4-3-5-7-16)20(25)26-12-18(24)22-19-15(11-21)8-9-27-19/h3-10H,12H2,1-2H3,(H,22,24). The summed E-state index contributed by atoms with van der Waals surface area (Å²) in [4.78, 5) is 24.4. The molecule has 0 radical (unpaired) electrons. The second kappa shape index (κ2) is 7.89. The van der Waals surface area contributed by atoms with Crippen molar-refractivity contribution in [1.29, 1.82) is 5.26 Å². The van der Waals surface area contributed by atoms with Gasteiger partial charge in [-0.1, -0.05) is 18.2 Å². The molecule has 3 rings (SSSR count). The van der Waals surface area contributed by atoms with Gasteiger partial charge in [0, 0.05) is 17.1 Å². The van der Waals surface area contributed by atoms with Gasteiger partial charge in [0.05, 0.1) is 11.1 Å². The van der Waals surface area contributed by atoms with Crippen molar-refractivity contribution in [2.24, 2.45) is 0 Å². The van der Waals surface area contributed by atoms with Gasteiger partial charge in [-0.05, 0) is 43.5 Å². The molecule has 27 heavy (non-hydrogen) atoms. The minimum atomic E-state index is -0.563. The van der Waals surface area contributed by atoms with E-state index in [9.17, 15) is 9.59 Å². The summed E-state index contributed by atoms with van der Waals surface area (Å²) in [6, 6.07) is 15.0. The Bertz CT molecular complexity index is 1030. The van der Waals surface area contributed by atoms with Crippen LogP contribution >= 0.6 is 11.3 Å². The van der Waals surface area contributed by atoms with Gasteiger partial charge in [-0.3, -0.25) is 4.79 Å². The molecule has 0 saturated heterocycles. The first kappa shape index (κ1) is 18.4. The summed E-state index contributed by atoms with van der Waals surface area (Å²) < 4.78 is 7.11. The Morgan fingerprint density at radius 2 is 1.96 bits per heavy atom. The fourth-order valence-corrected chi connectivity index (χ4v) is 3.56. The number of nitrogens with one attached hydrogen (secondary N) is 1. The molecule has 1 aromatic carbocycles. The molecule has 1 N–H and O–H groups in total. The van der Waals surface area contributed by atoms with E-state index in [4.69, 9.17) is 10.00 Å². The summed E-state index contributed by atoms with van der Waals surface area (Å²) in [5, 5.41) is 13.7. The topological polar surface area (TPSA) is 84.1 Å². The van der Waals surface area contributed by atoms with Crippen molar-refractivity contribution in [3.8, 4) is 11.8 Å². The first-order valence-corrected chi connectivity index (χ1v) is 9.08. The van der Waals surface area contributed by atoms with Crippen LogP contribution in [-0.2, 0) is 9.53 Å². The molecule has 0 aliphatic heterocycles. The van der Waals surface area contributed by atoms with E-state index >= 15 is 0 Å². The highest BCUT2D eigenvalue weighted by atomic mass is 32.1. The molecule has 3 aromatic rings. The average Bonchev–Trinajstić information content (AvgIpc) is 3.23. The van der Waals surface area contributed by atoms with Crippen LogP contribution in [0.15, 0.2) is 47.8 Å². The number of para-hydroxylation sites is 1. The smallest absolute Gasteiger partial charge is 0.340 e. The number of carbonyl (C=O) groups is 2. The molecule has 0 atom stereocenters. The first-order chi connectivity index (χ1) is 13.0. The number of benzene rings is 1. The third-order valence-corrected chi connectivity index (χ3v) is 4.87. The van der Waals surface area contributed by atoms with Crippen molar-refractivity contribution < 1.29 is 14.3 Å². The zero-order chi connectivity index (χ0) is 19.4. The molecule has 0 aliphatic rings. The van der Waals surface area contributed by atoms with E-state index in [1.54, 1.807) is 17.5 Å². The zero-order valence-corrected chi connectivity index (χ0v) is 15.7. The third-order valence-electron chi connectivity index (χ3n) is 4.04. The molecule has 0 fully saturated rings. The molecule has 1 amide bonds. The van der Waals surface area contributed by atoms with E-state index in [2.05, 4.69) is 5.32 Å². The van der Waals surface area contributed by atoms with Crippen LogP contribution in [0, 0.1) is 25.2 Å². The van der Waals surface area contributed by atoms with Crippen molar-refractivity contribution >= 4 is 28.2 Å². The van der Waals surface area contributed by atoms with Gasteiger partial charge in [-0.25, -0.2) is 4.79 Å². The van der Waals surface area contributed by atoms with Gasteiger partial charge >= 0.3 is 5.97 Å². The second-order valence-corrected chi connectivity index (χ2v) is 6.77. The molecular weight excluding hydrogens is 362 g/mol. The summed E-state index contributed by atoms with van der Waals surface area (Å²) >= 11 is 1.24. The van der Waals surface area contributed by atoms with E-state index < -0.39 is 18.5 Å². The largest absolute Gasteiger partial charge is 0.452 e. The predicted octanol–water partition coefficient (Wildman–Crippen LogP) is 3.82. The minimum absolute atomic E-state index is 0.381. The molecule has 0 saturated carbocycles. The lowest BCUT2D eigenvalue weighted by atomic mass is 10.2. The number of thiophene rings is 1. The lowest BCUT2D eigenvalue weighted by molar-refractivity contribution is -0.119. The van der Waals surface area contributed by atoms with Gasteiger partial charge in [0.1, 0.15) is 11.1 Å². The lowest BCUT2D eigenvalue weighted by Crippen LogP contribution is -2.21. The monoisotopic (exact) mass is 379 g/mol. The Balaban J connectivity index is 1.68. The van der Waals surface area contributed by atoms with Crippen LogP contribution in [0.2, 0.25) is 0 Å². The zero-order valence-electron chi connectivity index (χ0n) is 14.9. The number of nitrogens with zero attached hydrogens (tertiary/aromatic N) is 2. The molecule has 0 spiro atoms. The minimum Gasteiger partial charge on any atom is -0.452 e. The maximum absolute atomic E-state index is 12.4. The van der Waals surface area contributed by atoms with Gasteiger partial charge in [-0.2, -0.15) is 5.26 Å². The molecule has 2 aromatic heterocycles. The summed E-state index contributed by atoms with van der Waals surface area (Å²) in [7, 11) is 0. The number of nitriles is 1. The molecule has 0 aliphatic carbocycles. The van der Waals surface area contributed by atoms with Crippen molar-refractivity contribution in [3.63, 3.8) is 0 Å². The number of hydrogen-bond donors (Lipinski definition) is 1. The van der Waals surface area contributed by atoms with Crippen LogP contribution in [0.5, 0.6) is 0 Å². The van der Waals surface area contributed by atoms with Crippen molar-refractivity contribution in [2.45, 2.75) is 13.8 Å². The number of anilines is 1. The number of hydrogen-bond acceptors (Lipinski definition) is 5. The number of esters is 1. The van der Waals surface area contributed by atoms with Crippen molar-refractivity contribution in [2.75, 3.05) is 11.9 Å². The normalized spacial score (nSPS) is 10.3. The molecule has 136 valence electrons. The summed E-state index contributed by atoms with van der Waals surface area (Å²) in [6.07, 6.45) is 0. The van der Waals surface area contributed by atoms with Gasteiger partial charge in [-0.15, -0.1) is 11.3 Å². The Morgan fingerprint density at radius 3 is 2.67 bits per heavy atom. The van der Waals surface area contributed by atoms with Crippen LogP contribution in [-0.4, -0.2) is 23.1 Å². The predicted molar refractivity (Wildman–Crippen MR) is 103 cm³/mol. The van der Waals surface area contributed by atoms with E-state index in [0.717, 1.165) is 17.1 Å². The highest BCUT2D eigenvalue weighted by Gasteiger charge is 2.19. The van der Waals surface area contributed by atoms with Crippen LogP contribution in [0.1, 0.15) is 27.3 Å². The van der Waals surface area contributed by atoms with E-state index in [0.29, 0.717) is 16.1 Å². The summed E-state index contributed by atoms with van der Waals surface area (Å²) in [6.45, 7) is 3.32. The SMILES string of the molecule is Cc1cc(C(=O)OCC(=O)Nc2sccc2C#N)c(C)n1-c1ccccc1. The number of aryl methyl sites for hydroxylation is 1. The Kier molecular flexibility index (Phi) is 5.38. The maximum Gasteiger partial charge on any atom is 0.340 e. The maximum atomic E-state index is 12.4. The lowest BCUT2D eigenvalue weighted by Gasteiger charge is -2.09. The van der Waals surface area contributed by atoms with Crippen molar-refractivity contribution in [1.82, 2.24) is 4.57 Å². The van der Waals surface area contributed by atoms with Crippen LogP contribution in [0.25, 0.3) is 5.69 Å². The highest BCUT2D eigenvalue weighted by Crippen LogP contribution is 2.23. The first-order valence-electron chi connectivity index (χ1n) is 8.20. The third kappa shape index (κ3) is 3.91. The molecular formula is C20H17N3O3S. The van der Waals surface area contributed by atoms with Crippen molar-refractivity contribution in [3.05, 3.63) is 70.4 Å². The molecule has 0 bridgehead atoms. The molecule has 7 heteroatoms. The number of ether oxygens (including phenoxy) is 1. The number of carbonyl (C=O) groups excluding carboxylic acids is 2. The Morgan fingerprint density at radius 1 is 1.22 bits per heavy atom. The number of aromatic nitrogens is 1. The van der Waals surface area contributed by atoms with E-state index in [-0.39, 0.29) is 0 Å².